The summed E-state index contributed by atoms with van der Waals surface area (Å²) in [5.41, 5.74) is -0.378. The summed E-state index contributed by atoms with van der Waals surface area (Å²) in [7, 11) is 0. The third kappa shape index (κ3) is 0.868. The molecule has 5 heteroatoms. The predicted molar refractivity (Wildman–Crippen MR) is 40.3 cm³/mol. The lowest BCUT2D eigenvalue weighted by Crippen LogP contribution is -2.17. The largest absolute Gasteiger partial charge is 0.308 e. The quantitative estimate of drug-likeness (QED) is 0.571. The Hall–Kier alpha value is -1.78. The molecule has 12 heavy (non-hydrogen) atoms. The maximum absolute atomic E-state index is 12.5. The molecule has 0 aliphatic carbocycles. The zero-order valence-electron chi connectivity index (χ0n) is 5.94. The number of halogens is 1. The minimum Gasteiger partial charge on any atom is -0.264 e. The van der Waals surface area contributed by atoms with Crippen molar-refractivity contribution in [2.24, 2.45) is 0 Å². The van der Waals surface area contributed by atoms with Gasteiger partial charge in [-0.1, -0.05) is 16.6 Å². The van der Waals surface area contributed by atoms with Gasteiger partial charge in [0.05, 0.1) is 5.39 Å². The van der Waals surface area contributed by atoms with E-state index < -0.39 is 5.56 Å². The van der Waals surface area contributed by atoms with E-state index in [1.54, 1.807) is 18.2 Å². The van der Waals surface area contributed by atoms with Gasteiger partial charge in [-0.05, 0) is 22.3 Å². The number of aromatic nitrogens is 3. The third-order valence-corrected chi connectivity index (χ3v) is 1.53. The van der Waals surface area contributed by atoms with Crippen LogP contribution in [0, 0.1) is 0 Å². The Morgan fingerprint density at radius 3 is 2.92 bits per heavy atom. The van der Waals surface area contributed by atoms with Crippen molar-refractivity contribution < 1.29 is 4.48 Å². The molecule has 0 aliphatic heterocycles. The lowest BCUT2D eigenvalue weighted by molar-refractivity contribution is 0.283. The summed E-state index contributed by atoms with van der Waals surface area (Å²) >= 11 is 0. The van der Waals surface area contributed by atoms with Crippen LogP contribution >= 0.6 is 0 Å². The Labute approximate surface area is 66.2 Å². The van der Waals surface area contributed by atoms with Crippen molar-refractivity contribution >= 4 is 10.9 Å². The first-order valence-corrected chi connectivity index (χ1v) is 3.30. The summed E-state index contributed by atoms with van der Waals surface area (Å²) in [6.45, 7) is 0. The molecule has 0 amide bonds. The summed E-state index contributed by atoms with van der Waals surface area (Å²) in [6, 6.07) is 6.45. The summed E-state index contributed by atoms with van der Waals surface area (Å²) < 4.78 is 12.5. The molecule has 0 radical (unpaired) electrons. The van der Waals surface area contributed by atoms with Crippen LogP contribution in [0.15, 0.2) is 29.1 Å². The molecule has 0 atom stereocenters. The number of benzene rings is 1. The highest BCUT2D eigenvalue weighted by atomic mass is 19.2. The molecule has 0 aliphatic rings. The molecule has 4 nitrogen and oxygen atoms in total. The SMILES string of the molecule is O=c1c2ccccc2nnn1F. The van der Waals surface area contributed by atoms with Crippen LogP contribution in [0.5, 0.6) is 0 Å². The molecular formula is C7H4FN3O. The maximum atomic E-state index is 12.5. The molecule has 0 fully saturated rings. The van der Waals surface area contributed by atoms with Crippen LogP contribution in [0.2, 0.25) is 0 Å². The maximum Gasteiger partial charge on any atom is 0.308 e. The van der Waals surface area contributed by atoms with Crippen molar-refractivity contribution in [3.8, 4) is 0 Å². The van der Waals surface area contributed by atoms with E-state index in [1.807, 2.05) is 0 Å². The Morgan fingerprint density at radius 1 is 1.33 bits per heavy atom. The van der Waals surface area contributed by atoms with Crippen LogP contribution in [0.1, 0.15) is 0 Å². The topological polar surface area (TPSA) is 47.8 Å². The van der Waals surface area contributed by atoms with Crippen LogP contribution in [0.25, 0.3) is 10.9 Å². The molecule has 60 valence electrons. The zero-order chi connectivity index (χ0) is 8.55. The van der Waals surface area contributed by atoms with Crippen LogP contribution in [-0.4, -0.2) is 15.2 Å². The van der Waals surface area contributed by atoms with Gasteiger partial charge in [0.1, 0.15) is 5.52 Å². The molecule has 0 unspecified atom stereocenters. The molecule has 0 spiro atoms. The summed E-state index contributed by atoms with van der Waals surface area (Å²) in [5, 5.41) is 6.71. The van der Waals surface area contributed by atoms with E-state index in [9.17, 15) is 9.28 Å². The minimum atomic E-state index is -0.777. The van der Waals surface area contributed by atoms with E-state index in [4.69, 9.17) is 0 Å². The van der Waals surface area contributed by atoms with Gasteiger partial charge in [0.25, 0.3) is 0 Å². The molecule has 0 bridgehead atoms. The summed E-state index contributed by atoms with van der Waals surface area (Å²) in [5.74, 6) is 0. The Balaban J connectivity index is 3.01. The molecule has 0 N–H and O–H groups in total. The van der Waals surface area contributed by atoms with Crippen molar-refractivity contribution in [1.82, 2.24) is 15.2 Å². The Kier molecular flexibility index (Phi) is 1.36. The van der Waals surface area contributed by atoms with Gasteiger partial charge in [-0.3, -0.25) is 4.79 Å². The van der Waals surface area contributed by atoms with Crippen molar-refractivity contribution in [2.75, 3.05) is 0 Å². The molecule has 0 saturated heterocycles. The van der Waals surface area contributed by atoms with Gasteiger partial charge < -0.3 is 0 Å². The van der Waals surface area contributed by atoms with Gasteiger partial charge in [-0.25, -0.2) is 0 Å². The number of hydrogen-bond donors (Lipinski definition) is 0. The highest BCUT2D eigenvalue weighted by Gasteiger charge is 2.02. The molecule has 1 aromatic carbocycles. The van der Waals surface area contributed by atoms with Gasteiger partial charge in [-0.2, -0.15) is 0 Å². The van der Waals surface area contributed by atoms with E-state index in [-0.39, 0.29) is 10.3 Å². The van der Waals surface area contributed by atoms with Crippen molar-refractivity contribution in [1.29, 1.82) is 0 Å². The third-order valence-electron chi connectivity index (χ3n) is 1.53. The highest BCUT2D eigenvalue weighted by molar-refractivity contribution is 5.76. The number of fused-ring (bicyclic) bond motifs is 1. The molecular weight excluding hydrogens is 161 g/mol. The van der Waals surface area contributed by atoms with Crippen molar-refractivity contribution in [3.05, 3.63) is 34.6 Å². The molecule has 1 aromatic heterocycles. The second-order valence-corrected chi connectivity index (χ2v) is 2.27. The van der Waals surface area contributed by atoms with Crippen molar-refractivity contribution in [2.45, 2.75) is 0 Å². The second kappa shape index (κ2) is 2.37. The standard InChI is InChI=1S/C7H4FN3O/c8-11-7(12)5-3-1-2-4-6(5)9-10-11/h1-4H. The van der Waals surface area contributed by atoms with E-state index in [2.05, 4.69) is 10.3 Å². The van der Waals surface area contributed by atoms with E-state index in [1.165, 1.54) is 6.07 Å². The van der Waals surface area contributed by atoms with Gasteiger partial charge in [0.2, 0.25) is 0 Å². The smallest absolute Gasteiger partial charge is 0.264 e. The number of rotatable bonds is 0. The Bertz CT molecular complexity index is 479. The van der Waals surface area contributed by atoms with Gasteiger partial charge >= 0.3 is 5.56 Å². The van der Waals surface area contributed by atoms with Crippen molar-refractivity contribution in [3.63, 3.8) is 0 Å². The normalized spacial score (nSPS) is 10.4. The van der Waals surface area contributed by atoms with Gasteiger partial charge in [-0.15, -0.1) is 5.10 Å². The van der Waals surface area contributed by atoms with Crippen LogP contribution in [-0.2, 0) is 0 Å². The Morgan fingerprint density at radius 2 is 2.08 bits per heavy atom. The van der Waals surface area contributed by atoms with Crippen LogP contribution in [0.4, 0.5) is 4.48 Å². The lowest BCUT2D eigenvalue weighted by atomic mass is 10.2. The van der Waals surface area contributed by atoms with E-state index >= 15 is 0 Å². The number of nitrogens with zero attached hydrogens (tertiary/aromatic N) is 3. The van der Waals surface area contributed by atoms with E-state index in [0.29, 0.717) is 5.52 Å². The first-order chi connectivity index (χ1) is 5.79. The fourth-order valence-electron chi connectivity index (χ4n) is 0.969. The highest BCUT2D eigenvalue weighted by Crippen LogP contribution is 2.02. The summed E-state index contributed by atoms with van der Waals surface area (Å²) in [6.07, 6.45) is 0. The molecule has 0 saturated carbocycles. The minimum absolute atomic E-state index is 0.231. The fourth-order valence-corrected chi connectivity index (χ4v) is 0.969. The van der Waals surface area contributed by atoms with Crippen LogP contribution < -0.4 is 5.56 Å². The van der Waals surface area contributed by atoms with Gasteiger partial charge in [0.15, 0.2) is 0 Å². The predicted octanol–water partition coefficient (Wildman–Crippen LogP) is 0.524. The van der Waals surface area contributed by atoms with Gasteiger partial charge in [0, 0.05) is 0 Å². The summed E-state index contributed by atoms with van der Waals surface area (Å²) in [4.78, 5) is 10.7. The average molecular weight is 165 g/mol. The zero-order valence-corrected chi connectivity index (χ0v) is 5.94. The fraction of sp³-hybridized carbons (Fsp3) is 0. The van der Waals surface area contributed by atoms with Crippen LogP contribution in [0.3, 0.4) is 0 Å². The first kappa shape index (κ1) is 6.90. The lowest BCUT2D eigenvalue weighted by Gasteiger charge is -1.92. The molecule has 2 rings (SSSR count). The number of hydrogen-bond acceptors (Lipinski definition) is 3. The first-order valence-electron chi connectivity index (χ1n) is 3.30. The average Bonchev–Trinajstić information content (AvgIpc) is 2.12. The molecule has 1 heterocycles. The second-order valence-electron chi connectivity index (χ2n) is 2.27. The van der Waals surface area contributed by atoms with E-state index in [0.717, 1.165) is 0 Å². The monoisotopic (exact) mass is 165 g/mol. The molecule has 2 aromatic rings.